The quantitative estimate of drug-likeness (QED) is 0.303. The van der Waals surface area contributed by atoms with Gasteiger partial charge in [-0.05, 0) is 48.5 Å². The number of alkyl halides is 1. The van der Waals surface area contributed by atoms with Gasteiger partial charge in [0.05, 0.1) is 0 Å². The molecule has 2 aromatic rings. The highest BCUT2D eigenvalue weighted by atomic mass is 19.1. The third kappa shape index (κ3) is 7.64. The monoisotopic (exact) mass is 518 g/mol. The zero-order valence-corrected chi connectivity index (χ0v) is 20.3. The Morgan fingerprint density at radius 2 is 1.49 bits per heavy atom. The Bertz CT molecular complexity index is 1120. The van der Waals surface area contributed by atoms with E-state index in [0.29, 0.717) is 16.9 Å². The van der Waals surface area contributed by atoms with Crippen molar-refractivity contribution in [3.05, 3.63) is 54.1 Å². The fourth-order valence-corrected chi connectivity index (χ4v) is 3.55. The molecule has 1 saturated heterocycles. The second-order valence-corrected chi connectivity index (χ2v) is 8.16. The Morgan fingerprint density at radius 1 is 0.892 bits per heavy atom. The van der Waals surface area contributed by atoms with Gasteiger partial charge in [0, 0.05) is 37.7 Å². The van der Waals surface area contributed by atoms with Crippen LogP contribution in [0.1, 0.15) is 31.1 Å². The summed E-state index contributed by atoms with van der Waals surface area (Å²) in [5.41, 5.74) is 7.00. The molecule has 1 fully saturated rings. The Morgan fingerprint density at radius 3 is 2.05 bits per heavy atom. The van der Waals surface area contributed by atoms with Gasteiger partial charge < -0.3 is 34.7 Å². The van der Waals surface area contributed by atoms with E-state index in [2.05, 4.69) is 5.32 Å². The van der Waals surface area contributed by atoms with E-state index in [4.69, 9.17) is 29.4 Å². The van der Waals surface area contributed by atoms with E-state index in [0.717, 1.165) is 20.8 Å². The molecule has 0 unspecified atom stereocenters. The molecule has 0 bridgehead atoms. The summed E-state index contributed by atoms with van der Waals surface area (Å²) in [7, 11) is 0. The first-order valence-corrected chi connectivity index (χ1v) is 11.2. The van der Waals surface area contributed by atoms with Gasteiger partial charge in [-0.25, -0.2) is 4.39 Å². The zero-order chi connectivity index (χ0) is 27.1. The Hall–Kier alpha value is -4.19. The number of carbonyl (C=O) groups is 4. The van der Waals surface area contributed by atoms with Crippen molar-refractivity contribution in [3.63, 3.8) is 0 Å². The van der Waals surface area contributed by atoms with Crippen LogP contribution < -0.4 is 15.8 Å². The summed E-state index contributed by atoms with van der Waals surface area (Å²) in [5, 5.41) is 2.71. The first-order chi connectivity index (χ1) is 17.5. The number of ether oxygens (including phenoxy) is 5. The predicted molar refractivity (Wildman–Crippen MR) is 127 cm³/mol. The van der Waals surface area contributed by atoms with Gasteiger partial charge in [-0.15, -0.1) is 0 Å². The molecule has 1 aliphatic rings. The Balaban J connectivity index is 1.74. The van der Waals surface area contributed by atoms with E-state index in [-0.39, 0.29) is 11.7 Å². The maximum atomic E-state index is 15.4. The number of anilines is 2. The minimum absolute atomic E-state index is 0.164. The van der Waals surface area contributed by atoms with E-state index >= 15 is 4.39 Å². The Kier molecular flexibility index (Phi) is 9.01. The summed E-state index contributed by atoms with van der Waals surface area (Å²) in [6.45, 7) is 2.92. The normalized spacial score (nSPS) is 22.9. The zero-order valence-electron chi connectivity index (χ0n) is 20.3. The fourth-order valence-electron chi connectivity index (χ4n) is 3.55. The number of nitrogens with one attached hydrogen (secondary N) is 1. The number of benzene rings is 2. The van der Waals surface area contributed by atoms with Gasteiger partial charge in [-0.3, -0.25) is 19.2 Å². The maximum Gasteiger partial charge on any atom is 0.303 e. The number of amides is 1. The average molecular weight is 518 g/mol. The second kappa shape index (κ2) is 12.2. The summed E-state index contributed by atoms with van der Waals surface area (Å²) < 4.78 is 41.8. The van der Waals surface area contributed by atoms with Crippen LogP contribution in [0.3, 0.4) is 0 Å². The highest BCUT2D eigenvalue weighted by molar-refractivity contribution is 6.04. The van der Waals surface area contributed by atoms with Gasteiger partial charge in [0.2, 0.25) is 12.5 Å². The molecular weight excluding hydrogens is 491 g/mol. The van der Waals surface area contributed by atoms with Crippen molar-refractivity contribution in [2.24, 2.45) is 0 Å². The molecule has 1 amide bonds. The molecule has 2 aromatic carbocycles. The minimum Gasteiger partial charge on any atom is -0.463 e. The number of hydrogen-bond acceptors (Lipinski definition) is 10. The van der Waals surface area contributed by atoms with E-state index in [1.165, 1.54) is 24.3 Å². The molecule has 0 saturated carbocycles. The van der Waals surface area contributed by atoms with E-state index in [1.54, 1.807) is 24.3 Å². The van der Waals surface area contributed by atoms with Crippen LogP contribution in [0.2, 0.25) is 0 Å². The van der Waals surface area contributed by atoms with Gasteiger partial charge in [0.1, 0.15) is 18.5 Å². The molecule has 0 aromatic heterocycles. The van der Waals surface area contributed by atoms with Gasteiger partial charge in [0.25, 0.3) is 5.91 Å². The second-order valence-electron chi connectivity index (χ2n) is 8.16. The van der Waals surface area contributed by atoms with Gasteiger partial charge in [-0.2, -0.15) is 0 Å². The number of esters is 3. The average Bonchev–Trinajstić information content (AvgIpc) is 2.83. The van der Waals surface area contributed by atoms with E-state index < -0.39 is 55.3 Å². The number of carbonyl (C=O) groups excluding carboxylic acids is 4. The smallest absolute Gasteiger partial charge is 0.303 e. The van der Waals surface area contributed by atoms with Crippen molar-refractivity contribution in [1.82, 2.24) is 0 Å². The molecule has 0 radical (unpaired) electrons. The lowest BCUT2D eigenvalue weighted by Crippen LogP contribution is -2.61. The van der Waals surface area contributed by atoms with Crippen LogP contribution in [0.5, 0.6) is 5.75 Å². The topological polar surface area (TPSA) is 152 Å². The molecule has 11 nitrogen and oxygen atoms in total. The molecular formula is C25H27FN2O9. The van der Waals surface area contributed by atoms with Crippen molar-refractivity contribution in [2.45, 2.75) is 51.5 Å². The van der Waals surface area contributed by atoms with Crippen LogP contribution in [0.25, 0.3) is 0 Å². The third-order valence-electron chi connectivity index (χ3n) is 5.17. The summed E-state index contributed by atoms with van der Waals surface area (Å²) in [4.78, 5) is 46.9. The number of rotatable bonds is 8. The largest absolute Gasteiger partial charge is 0.463 e. The summed E-state index contributed by atoms with van der Waals surface area (Å²) in [5.74, 6) is -2.44. The lowest BCUT2D eigenvalue weighted by Gasteiger charge is -2.41. The van der Waals surface area contributed by atoms with Crippen LogP contribution in [-0.2, 0) is 33.3 Å². The van der Waals surface area contributed by atoms with E-state index in [9.17, 15) is 19.2 Å². The maximum absolute atomic E-state index is 15.4. The van der Waals surface area contributed by atoms with Gasteiger partial charge >= 0.3 is 17.9 Å². The van der Waals surface area contributed by atoms with Crippen LogP contribution in [-0.4, -0.2) is 61.2 Å². The van der Waals surface area contributed by atoms with E-state index in [1.807, 2.05) is 0 Å². The van der Waals surface area contributed by atoms with Crippen molar-refractivity contribution >= 4 is 35.2 Å². The Labute approximate surface area is 211 Å². The van der Waals surface area contributed by atoms with Crippen molar-refractivity contribution in [3.8, 4) is 5.75 Å². The lowest BCUT2D eigenvalue weighted by molar-refractivity contribution is -0.271. The highest BCUT2D eigenvalue weighted by Crippen LogP contribution is 2.31. The molecule has 1 aliphatic heterocycles. The summed E-state index contributed by atoms with van der Waals surface area (Å²) in [6.07, 6.45) is -7.83. The van der Waals surface area contributed by atoms with Crippen LogP contribution in [0.15, 0.2) is 48.5 Å². The first-order valence-electron chi connectivity index (χ1n) is 11.2. The molecule has 0 aliphatic carbocycles. The molecule has 3 N–H and O–H groups in total. The summed E-state index contributed by atoms with van der Waals surface area (Å²) >= 11 is 0. The van der Waals surface area contributed by atoms with Crippen molar-refractivity contribution in [2.75, 3.05) is 17.7 Å². The number of halogens is 1. The summed E-state index contributed by atoms with van der Waals surface area (Å²) in [6, 6.07) is 12.4. The highest BCUT2D eigenvalue weighted by Gasteiger charge is 2.52. The van der Waals surface area contributed by atoms with Gasteiger partial charge in [0.15, 0.2) is 12.2 Å². The van der Waals surface area contributed by atoms with Crippen LogP contribution in [0, 0.1) is 0 Å². The minimum atomic E-state index is -2.06. The fraction of sp³-hybridized carbons (Fsp3) is 0.360. The van der Waals surface area contributed by atoms with Gasteiger partial charge in [-0.1, -0.05) is 0 Å². The standard InChI is InChI=1S/C25H27FN2O9/c1-13(29)33-12-20-22(34-14(2)30)23(35-15(3)31)21(26)25(37-20)36-19-10-8-18(9-11-19)28-24(32)16-4-6-17(27)7-5-16/h4-11,20-23,25H,12,27H2,1-3H3,(H,28,32)/t20-,21-,22-,23-,25-/m1/s1. The third-order valence-corrected chi connectivity index (χ3v) is 5.17. The predicted octanol–water partition coefficient (Wildman–Crippen LogP) is 2.39. The molecule has 0 spiro atoms. The van der Waals surface area contributed by atoms with Crippen LogP contribution >= 0.6 is 0 Å². The molecule has 1 heterocycles. The first kappa shape index (κ1) is 27.4. The lowest BCUT2D eigenvalue weighted by atomic mass is 9.99. The SMILES string of the molecule is CC(=O)OC[C@H]1O[C@@H](Oc2ccc(NC(=O)c3ccc(N)cc3)cc2)[C@H](F)[C@@H](OC(C)=O)[C@@H]1OC(C)=O. The van der Waals surface area contributed by atoms with Crippen molar-refractivity contribution in [1.29, 1.82) is 0 Å². The molecule has 198 valence electrons. The van der Waals surface area contributed by atoms with Crippen LogP contribution in [0.4, 0.5) is 15.8 Å². The molecule has 3 rings (SSSR count). The number of nitrogens with two attached hydrogens (primary N) is 1. The molecule has 5 atom stereocenters. The molecule has 12 heteroatoms. The van der Waals surface area contributed by atoms with Crippen molar-refractivity contribution < 1.29 is 47.3 Å². The molecule has 37 heavy (non-hydrogen) atoms. The number of nitrogen functional groups attached to an aromatic ring is 1. The number of hydrogen-bond donors (Lipinski definition) is 2.